The number of H-pyrrole nitrogens is 1. The van der Waals surface area contributed by atoms with Gasteiger partial charge in [-0.3, -0.25) is 4.79 Å². The summed E-state index contributed by atoms with van der Waals surface area (Å²) in [4.78, 5) is 27.0. The van der Waals surface area contributed by atoms with Crippen molar-refractivity contribution in [3.8, 4) is 11.1 Å². The van der Waals surface area contributed by atoms with Crippen LogP contribution in [-0.4, -0.2) is 25.8 Å². The first-order chi connectivity index (χ1) is 10.2. The number of anilines is 1. The average molecular weight is 279 g/mol. The van der Waals surface area contributed by atoms with Gasteiger partial charge in [0, 0.05) is 23.6 Å². The van der Waals surface area contributed by atoms with E-state index in [9.17, 15) is 4.79 Å². The number of imidazole rings is 1. The van der Waals surface area contributed by atoms with Gasteiger partial charge < -0.3 is 10.3 Å². The van der Waals surface area contributed by atoms with E-state index in [0.717, 1.165) is 11.1 Å². The summed E-state index contributed by atoms with van der Waals surface area (Å²) in [5.41, 5.74) is 2.97. The van der Waals surface area contributed by atoms with E-state index in [0.29, 0.717) is 17.2 Å². The van der Waals surface area contributed by atoms with Crippen LogP contribution in [0.5, 0.6) is 0 Å². The van der Waals surface area contributed by atoms with E-state index in [2.05, 4.69) is 25.3 Å². The van der Waals surface area contributed by atoms with Crippen LogP contribution in [0.4, 0.5) is 5.69 Å². The number of hydrogen-bond acceptors (Lipinski definition) is 4. The molecule has 0 aliphatic heterocycles. The predicted molar refractivity (Wildman–Crippen MR) is 78.7 cm³/mol. The van der Waals surface area contributed by atoms with Gasteiger partial charge in [0.25, 0.3) is 5.91 Å². The fourth-order valence-corrected chi connectivity index (χ4v) is 1.96. The number of hydrogen-bond donors (Lipinski definition) is 2. The molecule has 2 N–H and O–H groups in total. The number of nitrogens with one attached hydrogen (secondary N) is 2. The minimum atomic E-state index is -0.225. The van der Waals surface area contributed by atoms with E-state index in [1.807, 2.05) is 24.3 Å². The number of carbonyl (C=O) groups excluding carboxylic acids is 1. The zero-order valence-corrected chi connectivity index (χ0v) is 11.4. The number of amides is 1. The topological polar surface area (TPSA) is 83.6 Å². The van der Waals surface area contributed by atoms with E-state index < -0.39 is 0 Å². The van der Waals surface area contributed by atoms with Crippen molar-refractivity contribution in [3.63, 3.8) is 0 Å². The molecule has 2 heterocycles. The highest BCUT2D eigenvalue weighted by atomic mass is 16.1. The molecule has 2 aromatic heterocycles. The summed E-state index contributed by atoms with van der Waals surface area (Å²) in [6.45, 7) is 1.80. The number of aryl methyl sites for hydroxylation is 1. The Bertz CT molecular complexity index is 766. The van der Waals surface area contributed by atoms with Crippen molar-refractivity contribution in [1.82, 2.24) is 19.9 Å². The normalized spacial score (nSPS) is 10.3. The van der Waals surface area contributed by atoms with Gasteiger partial charge in [-0.2, -0.15) is 0 Å². The molecule has 6 nitrogen and oxygen atoms in total. The lowest BCUT2D eigenvalue weighted by molar-refractivity contribution is 0.102. The Labute approximate surface area is 121 Å². The number of carbonyl (C=O) groups is 1. The standard InChI is InChI=1S/C15H13N5O/c1-10-18-8-14(19-10)15(21)20-13-4-2-3-11(5-13)12-6-16-9-17-7-12/h2-9H,1H3,(H,18,19)(H,20,21). The predicted octanol–water partition coefficient (Wildman–Crippen LogP) is 2.43. The Hall–Kier alpha value is -3.02. The SMILES string of the molecule is Cc1ncc(C(=O)Nc2cccc(-c3cncnc3)c2)[nH]1. The van der Waals surface area contributed by atoms with Crippen LogP contribution in [0.25, 0.3) is 11.1 Å². The van der Waals surface area contributed by atoms with Crippen molar-refractivity contribution in [2.45, 2.75) is 6.92 Å². The minimum Gasteiger partial charge on any atom is -0.338 e. The van der Waals surface area contributed by atoms with Crippen LogP contribution in [0.3, 0.4) is 0 Å². The highest BCUT2D eigenvalue weighted by molar-refractivity contribution is 6.03. The maximum absolute atomic E-state index is 12.1. The Morgan fingerprint density at radius 1 is 1.14 bits per heavy atom. The molecule has 1 aromatic carbocycles. The highest BCUT2D eigenvalue weighted by Gasteiger charge is 2.09. The van der Waals surface area contributed by atoms with Gasteiger partial charge in [-0.25, -0.2) is 15.0 Å². The lowest BCUT2D eigenvalue weighted by Crippen LogP contribution is -2.12. The molecule has 0 aliphatic carbocycles. The van der Waals surface area contributed by atoms with E-state index in [1.54, 1.807) is 19.3 Å². The zero-order chi connectivity index (χ0) is 14.7. The smallest absolute Gasteiger partial charge is 0.273 e. The maximum atomic E-state index is 12.1. The molecular formula is C15H13N5O. The molecule has 3 aromatic rings. The van der Waals surface area contributed by atoms with Crippen molar-refractivity contribution in [2.75, 3.05) is 5.32 Å². The third kappa shape index (κ3) is 2.94. The first-order valence-electron chi connectivity index (χ1n) is 6.41. The molecule has 0 radical (unpaired) electrons. The molecule has 0 saturated carbocycles. The third-order valence-electron chi connectivity index (χ3n) is 2.96. The van der Waals surface area contributed by atoms with Crippen molar-refractivity contribution in [1.29, 1.82) is 0 Å². The van der Waals surface area contributed by atoms with E-state index in [1.165, 1.54) is 12.5 Å². The number of rotatable bonds is 3. The van der Waals surface area contributed by atoms with Crippen LogP contribution in [0, 0.1) is 6.92 Å². The zero-order valence-electron chi connectivity index (χ0n) is 11.4. The van der Waals surface area contributed by atoms with Gasteiger partial charge in [0.1, 0.15) is 17.8 Å². The summed E-state index contributed by atoms with van der Waals surface area (Å²) in [6.07, 6.45) is 6.45. The van der Waals surface area contributed by atoms with Gasteiger partial charge in [-0.05, 0) is 24.6 Å². The monoisotopic (exact) mass is 279 g/mol. The summed E-state index contributed by atoms with van der Waals surface area (Å²) in [5, 5.41) is 2.83. The highest BCUT2D eigenvalue weighted by Crippen LogP contribution is 2.21. The molecule has 0 saturated heterocycles. The lowest BCUT2D eigenvalue weighted by atomic mass is 10.1. The van der Waals surface area contributed by atoms with E-state index >= 15 is 0 Å². The fraction of sp³-hybridized carbons (Fsp3) is 0.0667. The van der Waals surface area contributed by atoms with Gasteiger partial charge in [-0.1, -0.05) is 12.1 Å². The molecule has 1 amide bonds. The summed E-state index contributed by atoms with van der Waals surface area (Å²) in [7, 11) is 0. The van der Waals surface area contributed by atoms with E-state index in [-0.39, 0.29) is 5.91 Å². The summed E-state index contributed by atoms with van der Waals surface area (Å²) in [5.74, 6) is 0.479. The van der Waals surface area contributed by atoms with Gasteiger partial charge in [-0.15, -0.1) is 0 Å². The van der Waals surface area contributed by atoms with Gasteiger partial charge >= 0.3 is 0 Å². The molecule has 0 aliphatic rings. The second kappa shape index (κ2) is 5.54. The summed E-state index contributed by atoms with van der Waals surface area (Å²) >= 11 is 0. The number of benzene rings is 1. The lowest BCUT2D eigenvalue weighted by Gasteiger charge is -2.06. The minimum absolute atomic E-state index is 0.225. The summed E-state index contributed by atoms with van der Waals surface area (Å²) < 4.78 is 0. The first-order valence-corrected chi connectivity index (χ1v) is 6.41. The molecule has 6 heteroatoms. The van der Waals surface area contributed by atoms with Crippen molar-refractivity contribution < 1.29 is 4.79 Å². The number of nitrogens with zero attached hydrogens (tertiary/aromatic N) is 3. The van der Waals surface area contributed by atoms with Gasteiger partial charge in [0.2, 0.25) is 0 Å². The van der Waals surface area contributed by atoms with Crippen LogP contribution in [0.1, 0.15) is 16.3 Å². The van der Waals surface area contributed by atoms with Crippen LogP contribution in [-0.2, 0) is 0 Å². The van der Waals surface area contributed by atoms with Crippen LogP contribution in [0.2, 0.25) is 0 Å². The van der Waals surface area contributed by atoms with Gasteiger partial charge in [0.15, 0.2) is 0 Å². The number of aromatic nitrogens is 4. The molecule has 0 unspecified atom stereocenters. The quantitative estimate of drug-likeness (QED) is 0.771. The Balaban J connectivity index is 1.82. The van der Waals surface area contributed by atoms with Crippen molar-refractivity contribution in [3.05, 3.63) is 60.7 Å². The van der Waals surface area contributed by atoms with Crippen molar-refractivity contribution in [2.24, 2.45) is 0 Å². The average Bonchev–Trinajstić information content (AvgIpc) is 2.95. The van der Waals surface area contributed by atoms with Crippen molar-refractivity contribution >= 4 is 11.6 Å². The fourth-order valence-electron chi connectivity index (χ4n) is 1.96. The Kier molecular flexibility index (Phi) is 3.42. The maximum Gasteiger partial charge on any atom is 0.273 e. The Morgan fingerprint density at radius 2 is 1.95 bits per heavy atom. The Morgan fingerprint density at radius 3 is 2.67 bits per heavy atom. The molecule has 104 valence electrons. The van der Waals surface area contributed by atoms with Gasteiger partial charge in [0.05, 0.1) is 6.20 Å². The molecule has 21 heavy (non-hydrogen) atoms. The summed E-state index contributed by atoms with van der Waals surface area (Å²) in [6, 6.07) is 7.51. The largest absolute Gasteiger partial charge is 0.338 e. The molecule has 3 rings (SSSR count). The molecular weight excluding hydrogens is 266 g/mol. The third-order valence-corrected chi connectivity index (χ3v) is 2.96. The molecule has 0 atom stereocenters. The first kappa shape index (κ1) is 13.0. The molecule has 0 fully saturated rings. The van der Waals surface area contributed by atoms with Crippen LogP contribution in [0.15, 0.2) is 49.2 Å². The second-order valence-electron chi connectivity index (χ2n) is 4.54. The van der Waals surface area contributed by atoms with E-state index in [4.69, 9.17) is 0 Å². The second-order valence-corrected chi connectivity index (χ2v) is 4.54. The van der Waals surface area contributed by atoms with Crippen LogP contribution < -0.4 is 5.32 Å². The van der Waals surface area contributed by atoms with Crippen LogP contribution >= 0.6 is 0 Å². The molecule has 0 spiro atoms. The number of aromatic amines is 1. The molecule has 0 bridgehead atoms.